The Morgan fingerprint density at radius 1 is 1.83 bits per heavy atom. The van der Waals surface area contributed by atoms with Crippen LogP contribution in [0.25, 0.3) is 0 Å². The highest BCUT2D eigenvalue weighted by Gasteiger charge is 1.84. The summed E-state index contributed by atoms with van der Waals surface area (Å²) in [6, 6.07) is 0. The van der Waals surface area contributed by atoms with Gasteiger partial charge in [0.05, 0.1) is 0 Å². The van der Waals surface area contributed by atoms with E-state index in [-0.39, 0.29) is 0 Å². The van der Waals surface area contributed by atoms with E-state index >= 15 is 0 Å². The average Bonchev–Trinajstić information content (AvgIpc) is 1.65. The third kappa shape index (κ3) is 2.87. The van der Waals surface area contributed by atoms with Crippen LogP contribution in [0.15, 0.2) is 0 Å². The molecule has 0 rings (SSSR count). The van der Waals surface area contributed by atoms with Crippen LogP contribution in [0.2, 0.25) is 0 Å². The molecule has 0 saturated carbocycles. The van der Waals surface area contributed by atoms with E-state index in [1.807, 2.05) is 9.97 Å². The molecule has 0 unspecified atom stereocenters. The van der Waals surface area contributed by atoms with E-state index < -0.39 is 0 Å². The second-order valence-electron chi connectivity index (χ2n) is 0.851. The Balaban J connectivity index is 2.75. The Morgan fingerprint density at radius 3 is 2.33 bits per heavy atom. The van der Waals surface area contributed by atoms with E-state index in [1.54, 1.807) is 11.9 Å². The van der Waals surface area contributed by atoms with Gasteiger partial charge in [0.2, 0.25) is 0 Å². The van der Waals surface area contributed by atoms with Crippen molar-refractivity contribution in [3.05, 3.63) is 0 Å². The molecule has 0 aliphatic rings. The quantitative estimate of drug-likeness (QED) is 0.437. The zero-order valence-electron chi connectivity index (χ0n) is 4.01. The van der Waals surface area contributed by atoms with Gasteiger partial charge in [-0.25, -0.2) is 0 Å². The van der Waals surface area contributed by atoms with E-state index in [2.05, 4.69) is 19.7 Å². The summed E-state index contributed by atoms with van der Waals surface area (Å²) in [5.41, 5.74) is 0. The minimum atomic E-state index is 0.990. The monoisotopic (exact) mass is 123 g/mol. The molecule has 0 radical (unpaired) electrons. The van der Waals surface area contributed by atoms with E-state index in [0.29, 0.717) is 0 Å². The summed E-state index contributed by atoms with van der Waals surface area (Å²) in [7, 11) is 0. The molecule has 0 aromatic carbocycles. The number of hydrogen-bond acceptors (Lipinski definition) is 3. The van der Waals surface area contributed by atoms with Crippen molar-refractivity contribution in [2.24, 2.45) is 0 Å². The summed E-state index contributed by atoms with van der Waals surface area (Å²) >= 11 is 5.65. The Morgan fingerprint density at radius 2 is 2.33 bits per heavy atom. The molecule has 0 amide bonds. The highest BCUT2D eigenvalue weighted by molar-refractivity contribution is 8.04. The van der Waals surface area contributed by atoms with Gasteiger partial charge in [0.15, 0.2) is 0 Å². The molecular weight excluding hydrogens is 114 g/mol. The Bertz CT molecular complexity index is 28.0. The fourth-order valence-corrected chi connectivity index (χ4v) is 0.387. The Hall–Kier alpha value is 0.660. The molecule has 0 fully saturated rings. The predicted octanol–water partition coefficient (Wildman–Crippen LogP) is 1.43. The van der Waals surface area contributed by atoms with Crippen molar-refractivity contribution in [1.29, 1.82) is 0 Å². The van der Waals surface area contributed by atoms with Crippen LogP contribution < -0.4 is 0 Å². The summed E-state index contributed by atoms with van der Waals surface area (Å²) in [6.07, 6.45) is 2.00. The third-order valence-corrected chi connectivity index (χ3v) is 1.93. The summed E-state index contributed by atoms with van der Waals surface area (Å²) < 4.78 is 1.86. The third-order valence-electron chi connectivity index (χ3n) is 0.481. The van der Waals surface area contributed by atoms with Crippen LogP contribution in [0.4, 0.5) is 0 Å². The highest BCUT2D eigenvalue weighted by Crippen LogP contribution is 2.04. The summed E-state index contributed by atoms with van der Waals surface area (Å²) in [5, 5.41) is 0. The minimum absolute atomic E-state index is 0.990. The number of thiol groups is 1. The van der Waals surface area contributed by atoms with Crippen molar-refractivity contribution in [3.63, 3.8) is 0 Å². The van der Waals surface area contributed by atoms with Crippen LogP contribution in [0.1, 0.15) is 6.92 Å². The molecule has 38 valence electrons. The SMILES string of the molecule is CCN(S)SC. The van der Waals surface area contributed by atoms with Crippen LogP contribution in [0, 0.1) is 0 Å². The van der Waals surface area contributed by atoms with Crippen molar-refractivity contribution in [2.75, 3.05) is 12.8 Å². The molecule has 0 N–H and O–H groups in total. The van der Waals surface area contributed by atoms with Gasteiger partial charge in [-0.3, -0.25) is 0 Å². The number of rotatable bonds is 2. The van der Waals surface area contributed by atoms with E-state index in [1.165, 1.54) is 0 Å². The molecule has 0 bridgehead atoms. The van der Waals surface area contributed by atoms with Crippen LogP contribution in [0.3, 0.4) is 0 Å². The molecule has 0 spiro atoms. The van der Waals surface area contributed by atoms with Crippen molar-refractivity contribution >= 4 is 24.8 Å². The topological polar surface area (TPSA) is 3.24 Å². The Labute approximate surface area is 48.8 Å². The summed E-state index contributed by atoms with van der Waals surface area (Å²) in [5.74, 6) is 0. The van der Waals surface area contributed by atoms with E-state index in [9.17, 15) is 0 Å². The maximum absolute atomic E-state index is 4.03. The molecule has 0 saturated heterocycles. The summed E-state index contributed by atoms with van der Waals surface area (Å²) in [4.78, 5) is 0. The van der Waals surface area contributed by atoms with Crippen LogP contribution in [0.5, 0.6) is 0 Å². The normalized spacial score (nSPS) is 10.0. The lowest BCUT2D eigenvalue weighted by Crippen LogP contribution is -1.97. The molecule has 1 nitrogen and oxygen atoms in total. The molecule has 0 heterocycles. The first kappa shape index (κ1) is 6.66. The first-order valence-electron chi connectivity index (χ1n) is 1.81. The predicted molar refractivity (Wildman–Crippen MR) is 34.9 cm³/mol. The van der Waals surface area contributed by atoms with Crippen molar-refractivity contribution in [1.82, 2.24) is 3.71 Å². The molecule has 0 atom stereocenters. The van der Waals surface area contributed by atoms with Gasteiger partial charge in [-0.1, -0.05) is 31.7 Å². The van der Waals surface area contributed by atoms with Gasteiger partial charge in [0, 0.05) is 6.54 Å². The first-order chi connectivity index (χ1) is 2.81. The number of nitrogens with zero attached hydrogens (tertiary/aromatic N) is 1. The second kappa shape index (κ2) is 3.84. The van der Waals surface area contributed by atoms with Gasteiger partial charge >= 0.3 is 0 Å². The number of hydrogen-bond donors (Lipinski definition) is 1. The van der Waals surface area contributed by atoms with Crippen LogP contribution in [-0.2, 0) is 0 Å². The molecule has 6 heavy (non-hydrogen) atoms. The highest BCUT2D eigenvalue weighted by atomic mass is 32.2. The molecule has 3 heteroatoms. The minimum Gasteiger partial charge on any atom is -0.198 e. The smallest absolute Gasteiger partial charge is 0.0171 e. The lowest BCUT2D eigenvalue weighted by atomic mass is 10.8. The Kier molecular flexibility index (Phi) is 4.26. The van der Waals surface area contributed by atoms with Crippen molar-refractivity contribution in [3.8, 4) is 0 Å². The van der Waals surface area contributed by atoms with Crippen molar-refractivity contribution in [2.45, 2.75) is 6.92 Å². The average molecular weight is 123 g/mol. The fraction of sp³-hybridized carbons (Fsp3) is 1.00. The zero-order valence-corrected chi connectivity index (χ0v) is 5.72. The lowest BCUT2D eigenvalue weighted by Gasteiger charge is -2.03. The molecule has 0 aromatic heterocycles. The molecule has 0 aromatic rings. The largest absolute Gasteiger partial charge is 0.198 e. The summed E-state index contributed by atoms with van der Waals surface area (Å²) in [6.45, 7) is 3.05. The molecule has 0 aliphatic heterocycles. The second-order valence-corrected chi connectivity index (χ2v) is 2.41. The van der Waals surface area contributed by atoms with Gasteiger partial charge in [0.1, 0.15) is 0 Å². The molecule has 0 aliphatic carbocycles. The molecular formula is C3H9NS2. The maximum Gasteiger partial charge on any atom is 0.0171 e. The lowest BCUT2D eigenvalue weighted by molar-refractivity contribution is 0.801. The van der Waals surface area contributed by atoms with E-state index in [0.717, 1.165) is 6.54 Å². The van der Waals surface area contributed by atoms with Crippen LogP contribution in [-0.4, -0.2) is 16.5 Å². The van der Waals surface area contributed by atoms with Gasteiger partial charge in [-0.15, -0.1) is 0 Å². The first-order valence-corrected chi connectivity index (χ1v) is 3.40. The standard InChI is InChI=1S/C3H9NS2/c1-3-4(5)6-2/h5H,3H2,1-2H3. The maximum atomic E-state index is 4.03. The van der Waals surface area contributed by atoms with E-state index in [4.69, 9.17) is 0 Å². The van der Waals surface area contributed by atoms with Gasteiger partial charge in [-0.05, 0) is 6.26 Å². The van der Waals surface area contributed by atoms with Crippen molar-refractivity contribution < 1.29 is 0 Å². The zero-order chi connectivity index (χ0) is 4.99. The van der Waals surface area contributed by atoms with Crippen LogP contribution >= 0.6 is 24.8 Å². The van der Waals surface area contributed by atoms with Gasteiger partial charge < -0.3 is 0 Å². The fourth-order valence-electron chi connectivity index (χ4n) is 0.129. The van der Waals surface area contributed by atoms with Gasteiger partial charge in [-0.2, -0.15) is 3.71 Å². The van der Waals surface area contributed by atoms with Gasteiger partial charge in [0.25, 0.3) is 0 Å².